The third-order valence-electron chi connectivity index (χ3n) is 3.41. The maximum Gasteiger partial charge on any atom is 0.260 e. The van der Waals surface area contributed by atoms with Crippen molar-refractivity contribution in [2.75, 3.05) is 6.61 Å². The van der Waals surface area contributed by atoms with Crippen LogP contribution in [0.2, 0.25) is 0 Å². The number of hydrogen-bond acceptors (Lipinski definition) is 7. The molecule has 2 aromatic heterocycles. The maximum absolute atomic E-state index is 11.7. The van der Waals surface area contributed by atoms with Crippen molar-refractivity contribution in [2.24, 2.45) is 0 Å². The first-order valence-electron chi connectivity index (χ1n) is 6.31. The molecule has 112 valence electrons. The van der Waals surface area contributed by atoms with Gasteiger partial charge in [-0.05, 0) is 0 Å². The lowest BCUT2D eigenvalue weighted by molar-refractivity contribution is -0.0527. The molecule has 1 aliphatic heterocycles. The monoisotopic (exact) mass is 294 g/mol. The number of nitrogens with one attached hydrogen (secondary N) is 1. The molecule has 0 unspecified atom stereocenters. The fourth-order valence-electron chi connectivity index (χ4n) is 2.27. The van der Waals surface area contributed by atoms with Crippen LogP contribution in [0.1, 0.15) is 6.23 Å². The van der Waals surface area contributed by atoms with Crippen LogP contribution in [-0.4, -0.2) is 59.8 Å². The molecule has 0 bridgehead atoms. The molecule has 0 aliphatic carbocycles. The number of aliphatic hydroxyl groups is 3. The third-order valence-corrected chi connectivity index (χ3v) is 3.41. The quantitative estimate of drug-likeness (QED) is 0.527. The Morgan fingerprint density at radius 2 is 2.19 bits per heavy atom. The van der Waals surface area contributed by atoms with Crippen LogP contribution < -0.4 is 5.56 Å². The second kappa shape index (κ2) is 5.37. The smallest absolute Gasteiger partial charge is 0.260 e. The van der Waals surface area contributed by atoms with Gasteiger partial charge in [0, 0.05) is 12.4 Å². The SMILES string of the molecule is O=c1[nH]cncc1-c1cn([C@@H]2O[C@H](CO)[C@@H](O)[C@H]2O)cn1. The Labute approximate surface area is 118 Å². The summed E-state index contributed by atoms with van der Waals surface area (Å²) >= 11 is 0. The number of H-pyrrole nitrogens is 1. The van der Waals surface area contributed by atoms with E-state index in [9.17, 15) is 15.0 Å². The van der Waals surface area contributed by atoms with Crippen LogP contribution in [0.25, 0.3) is 11.3 Å². The number of aromatic amines is 1. The molecule has 4 atom stereocenters. The molecule has 0 aromatic carbocycles. The highest BCUT2D eigenvalue weighted by atomic mass is 16.6. The normalized spacial score (nSPS) is 28.9. The molecule has 4 N–H and O–H groups in total. The van der Waals surface area contributed by atoms with E-state index in [1.807, 2.05) is 0 Å². The van der Waals surface area contributed by atoms with Crippen molar-refractivity contribution in [2.45, 2.75) is 24.5 Å². The van der Waals surface area contributed by atoms with E-state index in [2.05, 4.69) is 15.0 Å². The van der Waals surface area contributed by atoms with Gasteiger partial charge >= 0.3 is 0 Å². The molecule has 9 heteroatoms. The minimum atomic E-state index is -1.20. The molecule has 0 spiro atoms. The molecule has 1 fully saturated rings. The second-order valence-electron chi connectivity index (χ2n) is 4.73. The van der Waals surface area contributed by atoms with Crippen molar-refractivity contribution >= 4 is 0 Å². The van der Waals surface area contributed by atoms with Gasteiger partial charge < -0.3 is 29.6 Å². The summed E-state index contributed by atoms with van der Waals surface area (Å²) < 4.78 is 6.81. The molecule has 0 amide bonds. The van der Waals surface area contributed by atoms with Gasteiger partial charge in [-0.2, -0.15) is 0 Å². The van der Waals surface area contributed by atoms with Crippen molar-refractivity contribution in [3.05, 3.63) is 35.4 Å². The Bertz CT molecular complexity index is 684. The second-order valence-corrected chi connectivity index (χ2v) is 4.73. The summed E-state index contributed by atoms with van der Waals surface area (Å²) in [5.41, 5.74) is 0.307. The molecular weight excluding hydrogens is 280 g/mol. The summed E-state index contributed by atoms with van der Waals surface area (Å²) in [7, 11) is 0. The van der Waals surface area contributed by atoms with E-state index in [0.29, 0.717) is 5.69 Å². The predicted octanol–water partition coefficient (Wildman–Crippen LogP) is -1.76. The Hall–Kier alpha value is -2.07. The summed E-state index contributed by atoms with van der Waals surface area (Å²) in [6.45, 7) is -0.404. The summed E-state index contributed by atoms with van der Waals surface area (Å²) in [6, 6.07) is 0. The van der Waals surface area contributed by atoms with Gasteiger partial charge in [0.2, 0.25) is 0 Å². The van der Waals surface area contributed by atoms with Crippen molar-refractivity contribution < 1.29 is 20.1 Å². The number of rotatable bonds is 3. The van der Waals surface area contributed by atoms with E-state index in [-0.39, 0.29) is 11.1 Å². The van der Waals surface area contributed by atoms with E-state index in [4.69, 9.17) is 9.84 Å². The Kier molecular flexibility index (Phi) is 3.55. The lowest BCUT2D eigenvalue weighted by Crippen LogP contribution is -2.33. The molecule has 3 rings (SSSR count). The lowest BCUT2D eigenvalue weighted by Gasteiger charge is -2.15. The Balaban J connectivity index is 1.89. The molecule has 21 heavy (non-hydrogen) atoms. The molecule has 2 aromatic rings. The van der Waals surface area contributed by atoms with Gasteiger partial charge in [0.25, 0.3) is 5.56 Å². The van der Waals surface area contributed by atoms with Gasteiger partial charge in [0.05, 0.1) is 30.5 Å². The van der Waals surface area contributed by atoms with E-state index in [0.717, 1.165) is 0 Å². The highest BCUT2D eigenvalue weighted by Gasteiger charge is 2.43. The molecule has 3 heterocycles. The number of hydrogen-bond donors (Lipinski definition) is 4. The van der Waals surface area contributed by atoms with E-state index < -0.39 is 31.1 Å². The van der Waals surface area contributed by atoms with Crippen molar-refractivity contribution in [1.29, 1.82) is 0 Å². The number of aromatic nitrogens is 4. The Morgan fingerprint density at radius 3 is 2.86 bits per heavy atom. The largest absolute Gasteiger partial charge is 0.394 e. The standard InChI is InChI=1S/C12H14N4O5/c17-3-8-9(18)10(19)12(21-8)16-2-7(15-5-16)6-1-13-4-14-11(6)20/h1-2,4-5,8-10,12,17-19H,3H2,(H,13,14,20)/t8-,9-,10-,12-/m1/s1. The van der Waals surface area contributed by atoms with Gasteiger partial charge in [0.1, 0.15) is 18.3 Å². The highest BCUT2D eigenvalue weighted by Crippen LogP contribution is 2.29. The fourth-order valence-corrected chi connectivity index (χ4v) is 2.27. The summed E-state index contributed by atoms with van der Waals surface area (Å²) in [4.78, 5) is 22.0. The van der Waals surface area contributed by atoms with Crippen molar-refractivity contribution in [3.63, 3.8) is 0 Å². The lowest BCUT2D eigenvalue weighted by atomic mass is 10.1. The van der Waals surface area contributed by atoms with Crippen LogP contribution in [0, 0.1) is 0 Å². The number of nitrogens with zero attached hydrogens (tertiary/aromatic N) is 3. The maximum atomic E-state index is 11.7. The zero-order valence-electron chi connectivity index (χ0n) is 10.8. The zero-order chi connectivity index (χ0) is 15.0. The average molecular weight is 294 g/mol. The molecule has 1 aliphatic rings. The van der Waals surface area contributed by atoms with E-state index >= 15 is 0 Å². The number of aliphatic hydroxyl groups excluding tert-OH is 3. The average Bonchev–Trinajstić information content (AvgIpc) is 3.06. The number of imidazole rings is 1. The molecule has 9 nitrogen and oxygen atoms in total. The van der Waals surface area contributed by atoms with Crippen LogP contribution in [0.15, 0.2) is 29.8 Å². The molecular formula is C12H14N4O5. The minimum absolute atomic E-state index is 0.281. The Morgan fingerprint density at radius 1 is 1.38 bits per heavy atom. The van der Waals surface area contributed by atoms with Crippen LogP contribution >= 0.6 is 0 Å². The minimum Gasteiger partial charge on any atom is -0.394 e. The topological polar surface area (TPSA) is 133 Å². The van der Waals surface area contributed by atoms with Crippen molar-refractivity contribution in [3.8, 4) is 11.3 Å². The molecule has 0 radical (unpaired) electrons. The van der Waals surface area contributed by atoms with Gasteiger partial charge in [-0.3, -0.25) is 4.79 Å². The van der Waals surface area contributed by atoms with Crippen LogP contribution in [0.3, 0.4) is 0 Å². The van der Waals surface area contributed by atoms with Gasteiger partial charge in [0.15, 0.2) is 6.23 Å². The zero-order valence-corrected chi connectivity index (χ0v) is 10.8. The predicted molar refractivity (Wildman–Crippen MR) is 69.1 cm³/mol. The van der Waals surface area contributed by atoms with E-state index in [1.165, 1.54) is 29.6 Å². The highest BCUT2D eigenvalue weighted by molar-refractivity contribution is 5.55. The summed E-state index contributed by atoms with van der Waals surface area (Å²) in [5.74, 6) is 0. The fraction of sp³-hybridized carbons (Fsp3) is 0.417. The summed E-state index contributed by atoms with van der Waals surface area (Å²) in [5, 5.41) is 28.7. The first kappa shape index (κ1) is 13.9. The molecule has 1 saturated heterocycles. The van der Waals surface area contributed by atoms with Crippen molar-refractivity contribution in [1.82, 2.24) is 19.5 Å². The van der Waals surface area contributed by atoms with Crippen LogP contribution in [0.5, 0.6) is 0 Å². The third kappa shape index (κ3) is 2.36. The summed E-state index contributed by atoms with van der Waals surface area (Å²) in [6.07, 6.45) is 1.41. The van der Waals surface area contributed by atoms with Gasteiger partial charge in [-0.15, -0.1) is 0 Å². The van der Waals surface area contributed by atoms with E-state index in [1.54, 1.807) is 0 Å². The van der Waals surface area contributed by atoms with Gasteiger partial charge in [-0.25, -0.2) is 9.97 Å². The van der Waals surface area contributed by atoms with Crippen LogP contribution in [0.4, 0.5) is 0 Å². The van der Waals surface area contributed by atoms with Crippen LogP contribution in [-0.2, 0) is 4.74 Å². The first-order valence-corrected chi connectivity index (χ1v) is 6.31. The molecule has 0 saturated carbocycles. The first-order chi connectivity index (χ1) is 10.1. The van der Waals surface area contributed by atoms with Gasteiger partial charge in [-0.1, -0.05) is 0 Å². The number of ether oxygens (including phenoxy) is 1.